The number of ether oxygens (including phenoxy) is 1. The molecule has 126 valence electrons. The number of ketones is 1. The van der Waals surface area contributed by atoms with E-state index in [-0.39, 0.29) is 0 Å². The summed E-state index contributed by atoms with van der Waals surface area (Å²) < 4.78 is 6.46. The van der Waals surface area contributed by atoms with Crippen LogP contribution in [0.4, 0.5) is 0 Å². The van der Waals surface area contributed by atoms with E-state index in [0.29, 0.717) is 34.1 Å². The fraction of sp³-hybridized carbons (Fsp3) is 0.952. The normalized spacial score (nSPS) is 64.8. The predicted molar refractivity (Wildman–Crippen MR) is 87.8 cm³/mol. The first-order valence-electron chi connectivity index (χ1n) is 10.1. The summed E-state index contributed by atoms with van der Waals surface area (Å²) in [7, 11) is 0. The van der Waals surface area contributed by atoms with E-state index in [1.54, 1.807) is 0 Å². The van der Waals surface area contributed by atoms with Crippen LogP contribution in [-0.4, -0.2) is 18.5 Å². The summed E-state index contributed by atoms with van der Waals surface area (Å²) in [6, 6.07) is 0. The summed E-state index contributed by atoms with van der Waals surface area (Å²) in [5.41, 5.74) is 1.48. The molecular weight excluding hydrogens is 284 g/mol. The molecular formula is C21H30O2. The number of carbonyl (C=O) groups excluding carboxylic acids is 1. The van der Waals surface area contributed by atoms with Gasteiger partial charge in [0, 0.05) is 16.7 Å². The van der Waals surface area contributed by atoms with Gasteiger partial charge < -0.3 is 4.74 Å². The molecule has 5 saturated carbocycles. The second kappa shape index (κ2) is 3.89. The SMILES string of the molecule is CC(=O)[C@H]1CC[C@H]2[C@@H]3C[C@H]4OC[C@@]5(CC[C@@H]6C[C@]645)[C@H]3CC[C@]12C. The Labute approximate surface area is 139 Å². The molecule has 2 heteroatoms. The van der Waals surface area contributed by atoms with Gasteiger partial charge in [-0.25, -0.2) is 0 Å². The van der Waals surface area contributed by atoms with Gasteiger partial charge in [0.05, 0.1) is 12.7 Å². The molecule has 1 heterocycles. The molecule has 6 fully saturated rings. The second-order valence-electron chi connectivity index (χ2n) is 10.3. The third-order valence-corrected chi connectivity index (χ3v) is 10.3. The van der Waals surface area contributed by atoms with Crippen molar-refractivity contribution in [1.29, 1.82) is 0 Å². The monoisotopic (exact) mass is 314 g/mol. The van der Waals surface area contributed by atoms with Gasteiger partial charge in [-0.05, 0) is 87.4 Å². The molecule has 0 N–H and O–H groups in total. The fourth-order valence-corrected chi connectivity index (χ4v) is 9.44. The Hall–Kier alpha value is -0.370. The molecule has 0 aromatic carbocycles. The van der Waals surface area contributed by atoms with Crippen molar-refractivity contribution >= 4 is 5.78 Å². The van der Waals surface area contributed by atoms with Crippen LogP contribution < -0.4 is 0 Å². The summed E-state index contributed by atoms with van der Waals surface area (Å²) in [6.07, 6.45) is 11.5. The van der Waals surface area contributed by atoms with Gasteiger partial charge in [-0.1, -0.05) is 6.92 Å². The summed E-state index contributed by atoms with van der Waals surface area (Å²) in [4.78, 5) is 12.2. The van der Waals surface area contributed by atoms with Crippen molar-refractivity contribution < 1.29 is 9.53 Å². The summed E-state index contributed by atoms with van der Waals surface area (Å²) >= 11 is 0. The molecule has 0 amide bonds. The molecule has 2 bridgehead atoms. The Kier molecular flexibility index (Phi) is 2.35. The van der Waals surface area contributed by atoms with Gasteiger partial charge >= 0.3 is 0 Å². The molecule has 0 aromatic rings. The highest BCUT2D eigenvalue weighted by molar-refractivity contribution is 5.79. The number of rotatable bonds is 1. The lowest BCUT2D eigenvalue weighted by atomic mass is 9.46. The van der Waals surface area contributed by atoms with E-state index >= 15 is 0 Å². The predicted octanol–water partition coefficient (Wildman–Crippen LogP) is 4.22. The third-order valence-electron chi connectivity index (χ3n) is 10.3. The highest BCUT2D eigenvalue weighted by Gasteiger charge is 2.81. The first-order chi connectivity index (χ1) is 11.0. The van der Waals surface area contributed by atoms with Crippen LogP contribution in [0.1, 0.15) is 65.2 Å². The average Bonchev–Trinajstić information content (AvgIpc) is 2.86. The van der Waals surface area contributed by atoms with Crippen LogP contribution in [0, 0.1) is 45.8 Å². The number of hydrogen-bond donors (Lipinski definition) is 0. The quantitative estimate of drug-likeness (QED) is 0.724. The van der Waals surface area contributed by atoms with E-state index in [1.165, 1.54) is 44.9 Å². The van der Waals surface area contributed by atoms with Crippen molar-refractivity contribution in [2.75, 3.05) is 6.61 Å². The van der Waals surface area contributed by atoms with E-state index in [2.05, 4.69) is 6.92 Å². The van der Waals surface area contributed by atoms with Crippen molar-refractivity contribution in [3.63, 3.8) is 0 Å². The number of Topliss-reactive ketones (excluding diaryl/α,β-unsaturated/α-hetero) is 1. The minimum Gasteiger partial charge on any atom is -0.377 e. The Morgan fingerprint density at radius 2 is 1.96 bits per heavy atom. The summed E-state index contributed by atoms with van der Waals surface area (Å²) in [5, 5.41) is 0. The zero-order chi connectivity index (χ0) is 15.6. The lowest BCUT2D eigenvalue weighted by Crippen LogP contribution is -2.54. The molecule has 6 aliphatic rings. The van der Waals surface area contributed by atoms with Crippen LogP contribution in [0.5, 0.6) is 0 Å². The molecule has 9 atom stereocenters. The number of fused-ring (bicyclic) bond motifs is 3. The van der Waals surface area contributed by atoms with Crippen LogP contribution in [0.15, 0.2) is 0 Å². The first kappa shape index (κ1) is 13.9. The highest BCUT2D eigenvalue weighted by Crippen LogP contribution is 2.84. The second-order valence-corrected chi connectivity index (χ2v) is 10.3. The van der Waals surface area contributed by atoms with Crippen LogP contribution in [0.25, 0.3) is 0 Å². The summed E-state index contributed by atoms with van der Waals surface area (Å²) in [6.45, 7) is 5.39. The van der Waals surface area contributed by atoms with Gasteiger partial charge in [0.15, 0.2) is 0 Å². The number of hydrogen-bond acceptors (Lipinski definition) is 2. The molecule has 2 nitrogen and oxygen atoms in total. The van der Waals surface area contributed by atoms with E-state index < -0.39 is 0 Å². The summed E-state index contributed by atoms with van der Waals surface area (Å²) in [5.74, 6) is 4.39. The van der Waals surface area contributed by atoms with Crippen molar-refractivity contribution in [2.24, 2.45) is 45.8 Å². The Balaban J connectivity index is 1.41. The van der Waals surface area contributed by atoms with Crippen LogP contribution >= 0.6 is 0 Å². The Morgan fingerprint density at radius 3 is 2.74 bits per heavy atom. The first-order valence-corrected chi connectivity index (χ1v) is 10.1. The molecule has 0 unspecified atom stereocenters. The molecule has 23 heavy (non-hydrogen) atoms. The lowest BCUT2D eigenvalue weighted by Gasteiger charge is -2.57. The van der Waals surface area contributed by atoms with E-state index in [9.17, 15) is 4.79 Å². The largest absolute Gasteiger partial charge is 0.377 e. The van der Waals surface area contributed by atoms with Crippen molar-refractivity contribution in [1.82, 2.24) is 0 Å². The van der Waals surface area contributed by atoms with Gasteiger partial charge in [0.25, 0.3) is 0 Å². The van der Waals surface area contributed by atoms with Gasteiger partial charge in [-0.2, -0.15) is 0 Å². The van der Waals surface area contributed by atoms with Gasteiger partial charge in [0.2, 0.25) is 0 Å². The van der Waals surface area contributed by atoms with E-state index in [4.69, 9.17) is 4.74 Å². The Morgan fingerprint density at radius 1 is 1.09 bits per heavy atom. The van der Waals surface area contributed by atoms with Crippen molar-refractivity contribution in [2.45, 2.75) is 71.3 Å². The van der Waals surface area contributed by atoms with Crippen molar-refractivity contribution in [3.05, 3.63) is 0 Å². The highest BCUT2D eigenvalue weighted by atomic mass is 16.5. The van der Waals surface area contributed by atoms with Crippen LogP contribution in [-0.2, 0) is 9.53 Å². The van der Waals surface area contributed by atoms with Gasteiger partial charge in [-0.15, -0.1) is 0 Å². The number of carbonyl (C=O) groups is 1. The molecule has 0 radical (unpaired) electrons. The molecule has 1 spiro atoms. The van der Waals surface area contributed by atoms with Gasteiger partial charge in [0.1, 0.15) is 5.78 Å². The van der Waals surface area contributed by atoms with Crippen molar-refractivity contribution in [3.8, 4) is 0 Å². The Bertz CT molecular complexity index is 599. The molecule has 5 aliphatic carbocycles. The van der Waals surface area contributed by atoms with Gasteiger partial charge in [-0.3, -0.25) is 4.79 Å². The lowest BCUT2D eigenvalue weighted by molar-refractivity contribution is -0.130. The van der Waals surface area contributed by atoms with Crippen LogP contribution in [0.2, 0.25) is 0 Å². The minimum atomic E-state index is 0.301. The molecule has 1 aliphatic heterocycles. The maximum Gasteiger partial charge on any atom is 0.133 e. The van der Waals surface area contributed by atoms with E-state index in [1.807, 2.05) is 6.92 Å². The zero-order valence-corrected chi connectivity index (χ0v) is 14.6. The fourth-order valence-electron chi connectivity index (χ4n) is 9.44. The minimum absolute atomic E-state index is 0.301. The van der Waals surface area contributed by atoms with Crippen LogP contribution in [0.3, 0.4) is 0 Å². The maximum atomic E-state index is 12.2. The standard InChI is InChI=1S/C21H30O2/c1-12(22)15-3-4-16-14-9-18-21-10-13(21)5-8-20(21,11-23-18)17(14)6-7-19(15,16)2/h13-18H,3-11H2,1-2H3/t13-,14+,15-,16+,17+,18-,19-,20+,21+/m1/s1. The zero-order valence-electron chi connectivity index (χ0n) is 14.6. The average molecular weight is 314 g/mol. The third kappa shape index (κ3) is 1.28. The topological polar surface area (TPSA) is 26.3 Å². The molecule has 6 rings (SSSR count). The molecule has 1 saturated heterocycles. The smallest absolute Gasteiger partial charge is 0.133 e. The van der Waals surface area contributed by atoms with E-state index in [0.717, 1.165) is 36.7 Å². The maximum absolute atomic E-state index is 12.2. The molecule has 0 aromatic heterocycles.